The van der Waals surface area contributed by atoms with E-state index in [0.717, 1.165) is 24.0 Å². The second kappa shape index (κ2) is 9.54. The van der Waals surface area contributed by atoms with Crippen molar-refractivity contribution < 1.29 is 13.2 Å². The van der Waals surface area contributed by atoms with E-state index >= 15 is 0 Å². The first kappa shape index (κ1) is 20.1. The van der Waals surface area contributed by atoms with Gasteiger partial charge in [0.2, 0.25) is 15.9 Å². The number of carbonyl (C=O) groups is 1. The van der Waals surface area contributed by atoms with E-state index < -0.39 is 10.0 Å². The summed E-state index contributed by atoms with van der Waals surface area (Å²) in [7, 11) is -3.23. The molecule has 0 atom stereocenters. The lowest BCUT2D eigenvalue weighted by atomic mass is 10.1. The Morgan fingerprint density at radius 1 is 0.964 bits per heavy atom. The summed E-state index contributed by atoms with van der Waals surface area (Å²) in [6, 6.07) is 17.0. The molecule has 0 unspecified atom stereocenters. The highest BCUT2D eigenvalue weighted by atomic mass is 32.2. The summed E-state index contributed by atoms with van der Waals surface area (Å²) < 4.78 is 25.9. The van der Waals surface area contributed by atoms with Gasteiger partial charge in [-0.1, -0.05) is 36.1 Å². The minimum atomic E-state index is -3.23. The third-order valence-electron chi connectivity index (χ3n) is 4.54. The Kier molecular flexibility index (Phi) is 6.85. The number of carbonyl (C=O) groups excluding carboxylic acids is 1. The zero-order valence-electron chi connectivity index (χ0n) is 15.7. The number of benzene rings is 2. The van der Waals surface area contributed by atoms with E-state index in [1.807, 2.05) is 48.5 Å². The van der Waals surface area contributed by atoms with Gasteiger partial charge in [-0.15, -0.1) is 0 Å². The van der Waals surface area contributed by atoms with Gasteiger partial charge in [0.25, 0.3) is 0 Å². The molecule has 1 N–H and O–H groups in total. The first-order valence-corrected chi connectivity index (χ1v) is 11.1. The lowest BCUT2D eigenvalue weighted by Crippen LogP contribution is -2.30. The van der Waals surface area contributed by atoms with Gasteiger partial charge >= 0.3 is 0 Å². The molecule has 1 amide bonds. The van der Waals surface area contributed by atoms with Crippen LogP contribution >= 0.6 is 0 Å². The van der Waals surface area contributed by atoms with Gasteiger partial charge in [-0.3, -0.25) is 4.79 Å². The summed E-state index contributed by atoms with van der Waals surface area (Å²) in [5.41, 5.74) is 2.39. The van der Waals surface area contributed by atoms with E-state index in [0.29, 0.717) is 25.2 Å². The summed E-state index contributed by atoms with van der Waals surface area (Å²) in [6.07, 6.45) is 2.33. The summed E-state index contributed by atoms with van der Waals surface area (Å²) in [4.78, 5) is 12.2. The molecule has 6 heteroatoms. The molecule has 0 bridgehead atoms. The van der Waals surface area contributed by atoms with E-state index in [9.17, 15) is 13.2 Å². The zero-order chi connectivity index (χ0) is 19.8. The number of rotatable bonds is 6. The van der Waals surface area contributed by atoms with Crippen LogP contribution in [0.15, 0.2) is 54.6 Å². The maximum Gasteiger partial charge on any atom is 0.224 e. The third kappa shape index (κ3) is 5.95. The Morgan fingerprint density at radius 2 is 1.64 bits per heavy atom. The molecule has 2 aromatic rings. The lowest BCUT2D eigenvalue weighted by Gasteiger charge is -2.15. The standard InChI is InChI=1S/C22H24N2O3S/c25-22(12-7-17-28(26,27)24-15-4-5-16-24)23-21-11-6-10-20(18-21)14-13-19-8-2-1-3-9-19/h1-3,6,8-11,18H,4-5,7,12,15-17H2,(H,23,25). The van der Waals surface area contributed by atoms with Crippen molar-refractivity contribution in [2.24, 2.45) is 0 Å². The molecular formula is C22H24N2O3S. The van der Waals surface area contributed by atoms with Crippen molar-refractivity contribution >= 4 is 21.6 Å². The molecule has 0 aromatic heterocycles. The normalized spacial score (nSPS) is 14.3. The van der Waals surface area contributed by atoms with Crippen LogP contribution in [0.3, 0.4) is 0 Å². The highest BCUT2D eigenvalue weighted by Crippen LogP contribution is 2.15. The first-order chi connectivity index (χ1) is 13.5. The minimum absolute atomic E-state index is 0.0169. The van der Waals surface area contributed by atoms with Crippen LogP contribution in [0, 0.1) is 11.8 Å². The van der Waals surface area contributed by atoms with Crippen LogP contribution in [0.1, 0.15) is 36.8 Å². The van der Waals surface area contributed by atoms with E-state index in [2.05, 4.69) is 17.2 Å². The van der Waals surface area contributed by atoms with Crippen molar-refractivity contribution in [2.45, 2.75) is 25.7 Å². The van der Waals surface area contributed by atoms with Crippen LogP contribution in [0.2, 0.25) is 0 Å². The second-order valence-corrected chi connectivity index (χ2v) is 8.86. The Labute approximate surface area is 166 Å². The topological polar surface area (TPSA) is 66.5 Å². The van der Waals surface area contributed by atoms with E-state index in [-0.39, 0.29) is 18.1 Å². The molecule has 0 aliphatic carbocycles. The molecule has 1 saturated heterocycles. The summed E-state index contributed by atoms with van der Waals surface area (Å²) in [5, 5.41) is 2.82. The fourth-order valence-corrected chi connectivity index (χ4v) is 4.66. The van der Waals surface area contributed by atoms with Crippen molar-refractivity contribution in [1.82, 2.24) is 4.31 Å². The van der Waals surface area contributed by atoms with Gasteiger partial charge in [0.15, 0.2) is 0 Å². The molecule has 3 rings (SSSR count). The van der Waals surface area contributed by atoms with Gasteiger partial charge < -0.3 is 5.32 Å². The van der Waals surface area contributed by atoms with E-state index in [4.69, 9.17) is 0 Å². The van der Waals surface area contributed by atoms with Crippen LogP contribution in [-0.2, 0) is 14.8 Å². The van der Waals surface area contributed by atoms with Crippen molar-refractivity contribution in [2.75, 3.05) is 24.2 Å². The van der Waals surface area contributed by atoms with Crippen molar-refractivity contribution in [1.29, 1.82) is 0 Å². The van der Waals surface area contributed by atoms with Crippen LogP contribution in [0.5, 0.6) is 0 Å². The van der Waals surface area contributed by atoms with Gasteiger partial charge in [0.05, 0.1) is 5.75 Å². The molecule has 1 aliphatic heterocycles. The second-order valence-electron chi connectivity index (χ2n) is 6.77. The van der Waals surface area contributed by atoms with Crippen LogP contribution in [0.4, 0.5) is 5.69 Å². The van der Waals surface area contributed by atoms with Crippen LogP contribution < -0.4 is 5.32 Å². The Morgan fingerprint density at radius 3 is 2.39 bits per heavy atom. The highest BCUT2D eigenvalue weighted by Gasteiger charge is 2.24. The number of nitrogens with one attached hydrogen (secondary N) is 1. The average molecular weight is 397 g/mol. The smallest absolute Gasteiger partial charge is 0.224 e. The van der Waals surface area contributed by atoms with Crippen molar-refractivity contribution in [3.8, 4) is 11.8 Å². The van der Waals surface area contributed by atoms with Crippen molar-refractivity contribution in [3.05, 3.63) is 65.7 Å². The number of nitrogens with zero attached hydrogens (tertiary/aromatic N) is 1. The van der Waals surface area contributed by atoms with E-state index in [1.165, 1.54) is 4.31 Å². The SMILES string of the molecule is O=C(CCCS(=O)(=O)N1CCCC1)Nc1cccc(C#Cc2ccccc2)c1. The monoisotopic (exact) mass is 396 g/mol. The molecule has 28 heavy (non-hydrogen) atoms. The van der Waals surface area contributed by atoms with Gasteiger partial charge in [-0.25, -0.2) is 12.7 Å². The molecule has 5 nitrogen and oxygen atoms in total. The van der Waals surface area contributed by atoms with Gasteiger partial charge in [-0.05, 0) is 49.6 Å². The Hall–Kier alpha value is -2.62. The largest absolute Gasteiger partial charge is 0.326 e. The number of hydrogen-bond acceptors (Lipinski definition) is 3. The molecule has 1 fully saturated rings. The minimum Gasteiger partial charge on any atom is -0.326 e. The number of anilines is 1. The lowest BCUT2D eigenvalue weighted by molar-refractivity contribution is -0.116. The van der Waals surface area contributed by atoms with Crippen LogP contribution in [0.25, 0.3) is 0 Å². The molecular weight excluding hydrogens is 372 g/mol. The molecule has 0 saturated carbocycles. The summed E-state index contributed by atoms with van der Waals surface area (Å²) in [6.45, 7) is 1.21. The molecule has 2 aromatic carbocycles. The predicted octanol–water partition coefficient (Wildman–Crippen LogP) is 3.23. The van der Waals surface area contributed by atoms with Crippen molar-refractivity contribution in [3.63, 3.8) is 0 Å². The number of amides is 1. The molecule has 1 aliphatic rings. The van der Waals surface area contributed by atoms with Gasteiger partial charge in [0, 0.05) is 36.3 Å². The molecule has 1 heterocycles. The highest BCUT2D eigenvalue weighted by molar-refractivity contribution is 7.89. The number of hydrogen-bond donors (Lipinski definition) is 1. The molecule has 0 radical (unpaired) electrons. The predicted molar refractivity (Wildman–Crippen MR) is 111 cm³/mol. The van der Waals surface area contributed by atoms with E-state index in [1.54, 1.807) is 6.07 Å². The van der Waals surface area contributed by atoms with Crippen LogP contribution in [-0.4, -0.2) is 37.5 Å². The summed E-state index contributed by atoms with van der Waals surface area (Å²) in [5.74, 6) is 5.99. The van der Waals surface area contributed by atoms with Gasteiger partial charge in [-0.2, -0.15) is 0 Å². The quantitative estimate of drug-likeness (QED) is 0.763. The Bertz CT molecular complexity index is 970. The maximum absolute atomic E-state index is 12.2. The fourth-order valence-electron chi connectivity index (χ4n) is 3.07. The summed E-state index contributed by atoms with van der Waals surface area (Å²) >= 11 is 0. The third-order valence-corrected chi connectivity index (χ3v) is 6.49. The van der Waals surface area contributed by atoms with Gasteiger partial charge in [0.1, 0.15) is 0 Å². The molecule has 146 valence electrons. The zero-order valence-corrected chi connectivity index (χ0v) is 16.5. The first-order valence-electron chi connectivity index (χ1n) is 9.48. The molecule has 0 spiro atoms. The maximum atomic E-state index is 12.2. The average Bonchev–Trinajstić information content (AvgIpc) is 3.23. The fraction of sp³-hybridized carbons (Fsp3) is 0.318. The Balaban J connectivity index is 1.51. The number of sulfonamides is 1.